The summed E-state index contributed by atoms with van der Waals surface area (Å²) in [5.41, 5.74) is 0. The Balaban J connectivity index is 1.75. The predicted molar refractivity (Wildman–Crippen MR) is 72.0 cm³/mol. The number of thiophene rings is 1. The Morgan fingerprint density at radius 1 is 1.62 bits per heavy atom. The largest absolute Gasteiger partial charge is 0.378 e. The highest BCUT2D eigenvalue weighted by molar-refractivity contribution is 9.10. The van der Waals surface area contributed by atoms with Crippen LogP contribution in [0.1, 0.15) is 23.1 Å². The lowest BCUT2D eigenvalue weighted by Crippen LogP contribution is -2.26. The molecule has 1 fully saturated rings. The Morgan fingerprint density at radius 3 is 3.00 bits per heavy atom. The molecule has 1 aromatic heterocycles. The van der Waals surface area contributed by atoms with Crippen LogP contribution >= 0.6 is 27.3 Å². The summed E-state index contributed by atoms with van der Waals surface area (Å²) in [5, 5.41) is 3.52. The zero-order valence-corrected chi connectivity index (χ0v) is 12.2. The maximum Gasteiger partial charge on any atom is 0.0588 e. The van der Waals surface area contributed by atoms with E-state index in [1.54, 1.807) is 0 Å². The van der Waals surface area contributed by atoms with Crippen LogP contribution in [0.3, 0.4) is 0 Å². The first-order valence-electron chi connectivity index (χ1n) is 5.74. The molecule has 4 heteroatoms. The van der Waals surface area contributed by atoms with Crippen LogP contribution in [0.4, 0.5) is 0 Å². The molecule has 0 aromatic carbocycles. The third kappa shape index (κ3) is 3.06. The van der Waals surface area contributed by atoms with Crippen LogP contribution in [0.15, 0.2) is 10.5 Å². The van der Waals surface area contributed by atoms with Crippen LogP contribution in [-0.2, 0) is 11.3 Å². The molecule has 0 bridgehead atoms. The van der Waals surface area contributed by atoms with Crippen molar-refractivity contribution in [2.45, 2.75) is 32.9 Å². The predicted octanol–water partition coefficient (Wildman–Crippen LogP) is 3.33. The van der Waals surface area contributed by atoms with Gasteiger partial charge in [-0.1, -0.05) is 0 Å². The molecule has 16 heavy (non-hydrogen) atoms. The molecule has 1 aromatic rings. The van der Waals surface area contributed by atoms with Crippen molar-refractivity contribution < 1.29 is 4.74 Å². The van der Waals surface area contributed by atoms with E-state index in [1.165, 1.54) is 20.6 Å². The molecule has 2 rings (SSSR count). The molecule has 2 heterocycles. The quantitative estimate of drug-likeness (QED) is 0.921. The Labute approximate surface area is 110 Å². The monoisotopic (exact) mass is 303 g/mol. The molecular formula is C12H18BrNOS. The van der Waals surface area contributed by atoms with E-state index in [9.17, 15) is 0 Å². The Hall–Kier alpha value is 0.100. The van der Waals surface area contributed by atoms with Crippen LogP contribution in [-0.4, -0.2) is 19.3 Å². The number of hydrogen-bond acceptors (Lipinski definition) is 3. The minimum absolute atomic E-state index is 0.421. The molecule has 0 saturated carbocycles. The van der Waals surface area contributed by atoms with Gasteiger partial charge in [-0.05, 0) is 48.2 Å². The summed E-state index contributed by atoms with van der Waals surface area (Å²) in [4.78, 5) is 2.75. The summed E-state index contributed by atoms with van der Waals surface area (Å²) in [6.07, 6.45) is 1.62. The second kappa shape index (κ2) is 5.63. The molecule has 0 radical (unpaired) electrons. The molecule has 1 saturated heterocycles. The minimum atomic E-state index is 0.421. The van der Waals surface area contributed by atoms with Gasteiger partial charge in [0.1, 0.15) is 0 Å². The summed E-state index contributed by atoms with van der Waals surface area (Å²) in [7, 11) is 0. The molecule has 2 unspecified atom stereocenters. The highest BCUT2D eigenvalue weighted by Crippen LogP contribution is 2.26. The first-order chi connectivity index (χ1) is 7.66. The number of aryl methyl sites for hydroxylation is 1. The SMILES string of the molecule is Cc1sc(CNCC2CCOC2C)cc1Br. The molecule has 2 atom stereocenters. The second-order valence-corrected chi connectivity index (χ2v) is 6.57. The van der Waals surface area contributed by atoms with Gasteiger partial charge in [0.15, 0.2) is 0 Å². The van der Waals surface area contributed by atoms with E-state index < -0.39 is 0 Å². The fraction of sp³-hybridized carbons (Fsp3) is 0.667. The van der Waals surface area contributed by atoms with Crippen LogP contribution in [0.5, 0.6) is 0 Å². The first kappa shape index (κ1) is 12.6. The van der Waals surface area contributed by atoms with Gasteiger partial charge in [-0.2, -0.15) is 0 Å². The van der Waals surface area contributed by atoms with Crippen LogP contribution in [0, 0.1) is 12.8 Å². The van der Waals surface area contributed by atoms with Gasteiger partial charge in [0, 0.05) is 33.9 Å². The van der Waals surface area contributed by atoms with Gasteiger partial charge < -0.3 is 10.1 Å². The highest BCUT2D eigenvalue weighted by atomic mass is 79.9. The molecule has 1 aliphatic heterocycles. The van der Waals surface area contributed by atoms with Crippen molar-refractivity contribution in [3.8, 4) is 0 Å². The average Bonchev–Trinajstić information content (AvgIpc) is 2.76. The smallest absolute Gasteiger partial charge is 0.0588 e. The minimum Gasteiger partial charge on any atom is -0.378 e. The molecule has 90 valence electrons. The van der Waals surface area contributed by atoms with E-state index in [-0.39, 0.29) is 0 Å². The van der Waals surface area contributed by atoms with E-state index in [2.05, 4.69) is 41.2 Å². The van der Waals surface area contributed by atoms with Crippen molar-refractivity contribution in [3.05, 3.63) is 20.3 Å². The van der Waals surface area contributed by atoms with Crippen molar-refractivity contribution in [1.82, 2.24) is 5.32 Å². The summed E-state index contributed by atoms with van der Waals surface area (Å²) in [5.74, 6) is 0.685. The van der Waals surface area contributed by atoms with Gasteiger partial charge in [-0.3, -0.25) is 0 Å². The third-order valence-electron chi connectivity index (χ3n) is 3.15. The van der Waals surface area contributed by atoms with E-state index in [1.807, 2.05) is 11.3 Å². The van der Waals surface area contributed by atoms with Crippen LogP contribution < -0.4 is 5.32 Å². The number of halogens is 1. The van der Waals surface area contributed by atoms with Gasteiger partial charge in [-0.25, -0.2) is 0 Å². The summed E-state index contributed by atoms with van der Waals surface area (Å²) in [6.45, 7) is 7.28. The fourth-order valence-electron chi connectivity index (χ4n) is 2.03. The number of nitrogens with one attached hydrogen (secondary N) is 1. The summed E-state index contributed by atoms with van der Waals surface area (Å²) in [6, 6.07) is 2.21. The molecule has 1 aliphatic rings. The van der Waals surface area contributed by atoms with E-state index >= 15 is 0 Å². The van der Waals surface area contributed by atoms with Gasteiger partial charge in [0.25, 0.3) is 0 Å². The van der Waals surface area contributed by atoms with Crippen LogP contribution in [0.2, 0.25) is 0 Å². The molecule has 1 N–H and O–H groups in total. The van der Waals surface area contributed by atoms with Gasteiger partial charge in [0.2, 0.25) is 0 Å². The standard InChI is InChI=1S/C12H18BrNOS/c1-8-10(3-4-15-8)6-14-7-11-5-12(13)9(2)16-11/h5,8,10,14H,3-4,6-7H2,1-2H3. The van der Waals surface area contributed by atoms with E-state index in [0.29, 0.717) is 12.0 Å². The second-order valence-electron chi connectivity index (χ2n) is 4.37. The van der Waals surface area contributed by atoms with Gasteiger partial charge in [0.05, 0.1) is 6.10 Å². The maximum atomic E-state index is 5.55. The molecule has 0 amide bonds. The first-order valence-corrected chi connectivity index (χ1v) is 7.35. The number of rotatable bonds is 4. The zero-order valence-electron chi connectivity index (χ0n) is 9.75. The van der Waals surface area contributed by atoms with Crippen molar-refractivity contribution in [2.75, 3.05) is 13.2 Å². The Morgan fingerprint density at radius 2 is 2.44 bits per heavy atom. The Kier molecular flexibility index (Phi) is 4.41. The van der Waals surface area contributed by atoms with Crippen molar-refractivity contribution in [2.24, 2.45) is 5.92 Å². The molecule has 0 spiro atoms. The number of ether oxygens (including phenoxy) is 1. The van der Waals surface area contributed by atoms with E-state index in [4.69, 9.17) is 4.74 Å². The lowest BCUT2D eigenvalue weighted by molar-refractivity contribution is 0.105. The molecular weight excluding hydrogens is 286 g/mol. The average molecular weight is 304 g/mol. The molecule has 2 nitrogen and oxygen atoms in total. The van der Waals surface area contributed by atoms with E-state index in [0.717, 1.165) is 19.7 Å². The maximum absolute atomic E-state index is 5.55. The fourth-order valence-corrected chi connectivity index (χ4v) is 3.60. The zero-order chi connectivity index (χ0) is 11.5. The van der Waals surface area contributed by atoms with Crippen molar-refractivity contribution in [1.29, 1.82) is 0 Å². The number of hydrogen-bond donors (Lipinski definition) is 1. The topological polar surface area (TPSA) is 21.3 Å². The van der Waals surface area contributed by atoms with Crippen molar-refractivity contribution >= 4 is 27.3 Å². The van der Waals surface area contributed by atoms with Gasteiger partial charge in [-0.15, -0.1) is 11.3 Å². The normalized spacial score (nSPS) is 25.2. The highest BCUT2D eigenvalue weighted by Gasteiger charge is 2.23. The third-order valence-corrected chi connectivity index (χ3v) is 5.28. The summed E-state index contributed by atoms with van der Waals surface area (Å²) >= 11 is 5.40. The van der Waals surface area contributed by atoms with Crippen molar-refractivity contribution in [3.63, 3.8) is 0 Å². The molecule has 0 aliphatic carbocycles. The lowest BCUT2D eigenvalue weighted by Gasteiger charge is -2.14. The van der Waals surface area contributed by atoms with Crippen LogP contribution in [0.25, 0.3) is 0 Å². The summed E-state index contributed by atoms with van der Waals surface area (Å²) < 4.78 is 6.78. The lowest BCUT2D eigenvalue weighted by atomic mass is 10.0. The Bertz CT molecular complexity index is 333. The van der Waals surface area contributed by atoms with Gasteiger partial charge >= 0.3 is 0 Å².